The highest BCUT2D eigenvalue weighted by Crippen LogP contribution is 2.27. The van der Waals surface area contributed by atoms with Crippen molar-refractivity contribution in [3.8, 4) is 17.0 Å². The van der Waals surface area contributed by atoms with Crippen LogP contribution in [0, 0.1) is 0 Å². The van der Waals surface area contributed by atoms with Gasteiger partial charge in [0.25, 0.3) is 0 Å². The van der Waals surface area contributed by atoms with Gasteiger partial charge in [0.15, 0.2) is 0 Å². The second kappa shape index (κ2) is 5.36. The van der Waals surface area contributed by atoms with Gasteiger partial charge in [0.2, 0.25) is 0 Å². The molecular formula is C15H17N3O. The number of ether oxygens (including phenoxy) is 1. The molecule has 4 heteroatoms. The van der Waals surface area contributed by atoms with Crippen LogP contribution < -0.4 is 10.1 Å². The Hall–Kier alpha value is -1.94. The van der Waals surface area contributed by atoms with E-state index in [1.807, 2.05) is 25.1 Å². The first-order valence-corrected chi connectivity index (χ1v) is 6.65. The zero-order valence-electron chi connectivity index (χ0n) is 11.0. The highest BCUT2D eigenvalue weighted by molar-refractivity contribution is 5.65. The van der Waals surface area contributed by atoms with Gasteiger partial charge in [-0.2, -0.15) is 0 Å². The lowest BCUT2D eigenvalue weighted by Crippen LogP contribution is -2.25. The molecule has 98 valence electrons. The van der Waals surface area contributed by atoms with Crippen LogP contribution in [0.5, 0.6) is 5.75 Å². The topological polar surface area (TPSA) is 47.0 Å². The molecule has 4 nitrogen and oxygen atoms in total. The minimum Gasteiger partial charge on any atom is -0.494 e. The Morgan fingerprint density at radius 2 is 2.26 bits per heavy atom. The molecule has 0 unspecified atom stereocenters. The maximum absolute atomic E-state index is 5.55. The van der Waals surface area contributed by atoms with Crippen LogP contribution in [0.1, 0.15) is 18.2 Å². The zero-order valence-corrected chi connectivity index (χ0v) is 11.0. The molecule has 1 aromatic carbocycles. The van der Waals surface area contributed by atoms with Crippen molar-refractivity contribution in [1.29, 1.82) is 0 Å². The third kappa shape index (κ3) is 2.44. The normalized spacial score (nSPS) is 13.9. The molecule has 1 aromatic heterocycles. The van der Waals surface area contributed by atoms with Gasteiger partial charge in [-0.15, -0.1) is 0 Å². The first-order chi connectivity index (χ1) is 9.38. The average molecular weight is 255 g/mol. The number of aromatic nitrogens is 2. The zero-order chi connectivity index (χ0) is 13.1. The molecule has 19 heavy (non-hydrogen) atoms. The van der Waals surface area contributed by atoms with E-state index in [0.29, 0.717) is 6.61 Å². The van der Waals surface area contributed by atoms with Crippen LogP contribution in [0.3, 0.4) is 0 Å². The van der Waals surface area contributed by atoms with E-state index >= 15 is 0 Å². The number of fused-ring (bicyclic) bond motifs is 1. The molecule has 1 aliphatic heterocycles. The van der Waals surface area contributed by atoms with Gasteiger partial charge in [-0.3, -0.25) is 0 Å². The lowest BCUT2D eigenvalue weighted by molar-refractivity contribution is 0.340. The SMILES string of the molecule is CCOc1cccc(-c2ncnc3c2CNCC3)c1. The van der Waals surface area contributed by atoms with Crippen LogP contribution in [0.25, 0.3) is 11.3 Å². The summed E-state index contributed by atoms with van der Waals surface area (Å²) in [7, 11) is 0. The van der Waals surface area contributed by atoms with Gasteiger partial charge < -0.3 is 10.1 Å². The van der Waals surface area contributed by atoms with Gasteiger partial charge in [0.1, 0.15) is 12.1 Å². The van der Waals surface area contributed by atoms with E-state index in [1.54, 1.807) is 6.33 Å². The van der Waals surface area contributed by atoms with Crippen molar-refractivity contribution in [2.24, 2.45) is 0 Å². The van der Waals surface area contributed by atoms with Gasteiger partial charge in [-0.25, -0.2) is 9.97 Å². The minimum absolute atomic E-state index is 0.674. The predicted octanol–water partition coefficient (Wildman–Crippen LogP) is 2.19. The highest BCUT2D eigenvalue weighted by atomic mass is 16.5. The number of hydrogen-bond donors (Lipinski definition) is 1. The first-order valence-electron chi connectivity index (χ1n) is 6.65. The van der Waals surface area contributed by atoms with Crippen LogP contribution in [-0.2, 0) is 13.0 Å². The summed E-state index contributed by atoms with van der Waals surface area (Å²) in [4.78, 5) is 8.84. The fraction of sp³-hybridized carbons (Fsp3) is 0.333. The Morgan fingerprint density at radius 1 is 1.32 bits per heavy atom. The number of benzene rings is 1. The van der Waals surface area contributed by atoms with Crippen molar-refractivity contribution in [3.63, 3.8) is 0 Å². The fourth-order valence-corrected chi connectivity index (χ4v) is 2.42. The molecule has 0 aliphatic carbocycles. The van der Waals surface area contributed by atoms with E-state index in [0.717, 1.165) is 42.2 Å². The van der Waals surface area contributed by atoms with Crippen LogP contribution >= 0.6 is 0 Å². The number of hydrogen-bond acceptors (Lipinski definition) is 4. The molecule has 0 bridgehead atoms. The van der Waals surface area contributed by atoms with Crippen molar-refractivity contribution >= 4 is 0 Å². The summed E-state index contributed by atoms with van der Waals surface area (Å²) in [5, 5.41) is 3.38. The Kier molecular flexibility index (Phi) is 3.42. The maximum Gasteiger partial charge on any atom is 0.119 e. The van der Waals surface area contributed by atoms with E-state index in [2.05, 4.69) is 21.4 Å². The van der Waals surface area contributed by atoms with E-state index < -0.39 is 0 Å². The summed E-state index contributed by atoms with van der Waals surface area (Å²) in [6.45, 7) is 4.49. The quantitative estimate of drug-likeness (QED) is 0.913. The van der Waals surface area contributed by atoms with Gasteiger partial charge in [0, 0.05) is 30.6 Å². The number of rotatable bonds is 3. The largest absolute Gasteiger partial charge is 0.494 e. The standard InChI is InChI=1S/C15H17N3O/c1-2-19-12-5-3-4-11(8-12)15-13-9-16-7-6-14(13)17-10-18-15/h3-5,8,10,16H,2,6-7,9H2,1H3. The molecule has 0 fully saturated rings. The maximum atomic E-state index is 5.55. The lowest BCUT2D eigenvalue weighted by Gasteiger charge is -2.18. The van der Waals surface area contributed by atoms with Crippen molar-refractivity contribution < 1.29 is 4.74 Å². The van der Waals surface area contributed by atoms with Crippen molar-refractivity contribution in [2.75, 3.05) is 13.2 Å². The fourth-order valence-electron chi connectivity index (χ4n) is 2.42. The second-order valence-electron chi connectivity index (χ2n) is 4.54. The van der Waals surface area contributed by atoms with E-state index in [9.17, 15) is 0 Å². The second-order valence-corrected chi connectivity index (χ2v) is 4.54. The van der Waals surface area contributed by atoms with Gasteiger partial charge >= 0.3 is 0 Å². The summed E-state index contributed by atoms with van der Waals surface area (Å²) in [5.41, 5.74) is 4.47. The molecule has 1 N–H and O–H groups in total. The van der Waals surface area contributed by atoms with E-state index in [-0.39, 0.29) is 0 Å². The molecule has 0 radical (unpaired) electrons. The lowest BCUT2D eigenvalue weighted by atomic mass is 10.0. The Bertz CT molecular complexity index is 583. The van der Waals surface area contributed by atoms with Gasteiger partial charge in [-0.05, 0) is 19.1 Å². The number of nitrogens with zero attached hydrogens (tertiary/aromatic N) is 2. The first kappa shape index (κ1) is 12.1. The molecule has 0 atom stereocenters. The number of nitrogens with one attached hydrogen (secondary N) is 1. The molecule has 0 amide bonds. The molecule has 0 saturated heterocycles. The van der Waals surface area contributed by atoms with Crippen LogP contribution in [-0.4, -0.2) is 23.1 Å². The van der Waals surface area contributed by atoms with Crippen molar-refractivity contribution in [2.45, 2.75) is 19.9 Å². The third-order valence-electron chi connectivity index (χ3n) is 3.29. The van der Waals surface area contributed by atoms with Crippen LogP contribution in [0.4, 0.5) is 0 Å². The van der Waals surface area contributed by atoms with Crippen molar-refractivity contribution in [1.82, 2.24) is 15.3 Å². The molecule has 1 aliphatic rings. The average Bonchev–Trinajstić information content (AvgIpc) is 2.47. The smallest absolute Gasteiger partial charge is 0.119 e. The Labute approximate surface area is 112 Å². The van der Waals surface area contributed by atoms with Crippen LogP contribution in [0.15, 0.2) is 30.6 Å². The summed E-state index contributed by atoms with van der Waals surface area (Å²) in [5.74, 6) is 0.885. The predicted molar refractivity (Wildman–Crippen MR) is 74.0 cm³/mol. The minimum atomic E-state index is 0.674. The molecule has 3 rings (SSSR count). The monoisotopic (exact) mass is 255 g/mol. The third-order valence-corrected chi connectivity index (χ3v) is 3.29. The van der Waals surface area contributed by atoms with Crippen LogP contribution in [0.2, 0.25) is 0 Å². The van der Waals surface area contributed by atoms with Gasteiger partial charge in [0.05, 0.1) is 18.0 Å². The summed E-state index contributed by atoms with van der Waals surface area (Å²) in [6.07, 6.45) is 2.63. The summed E-state index contributed by atoms with van der Waals surface area (Å²) in [6, 6.07) is 8.09. The molecular weight excluding hydrogens is 238 g/mol. The molecule has 0 spiro atoms. The van der Waals surface area contributed by atoms with Gasteiger partial charge in [-0.1, -0.05) is 12.1 Å². The van der Waals surface area contributed by atoms with E-state index in [1.165, 1.54) is 5.56 Å². The van der Waals surface area contributed by atoms with E-state index in [4.69, 9.17) is 4.74 Å². The summed E-state index contributed by atoms with van der Waals surface area (Å²) >= 11 is 0. The molecule has 2 heterocycles. The Balaban J connectivity index is 2.04. The summed E-state index contributed by atoms with van der Waals surface area (Å²) < 4.78 is 5.55. The highest BCUT2D eigenvalue weighted by Gasteiger charge is 2.16. The van der Waals surface area contributed by atoms with Crippen molar-refractivity contribution in [3.05, 3.63) is 41.9 Å². The molecule has 0 saturated carbocycles. The molecule has 2 aromatic rings. The Morgan fingerprint density at radius 3 is 3.16 bits per heavy atom.